The third-order valence-corrected chi connectivity index (χ3v) is 3.35. The van der Waals surface area contributed by atoms with Crippen molar-refractivity contribution in [2.75, 3.05) is 13.1 Å². The smallest absolute Gasteiger partial charge is 0.256 e. The molecule has 22 heavy (non-hydrogen) atoms. The van der Waals surface area contributed by atoms with Crippen molar-refractivity contribution in [3.63, 3.8) is 0 Å². The molecule has 0 aliphatic heterocycles. The molecule has 0 aliphatic carbocycles. The number of nitrogens with zero attached hydrogens (tertiary/aromatic N) is 2. The predicted molar refractivity (Wildman–Crippen MR) is 75.8 cm³/mol. The number of carbonyl (C=O) groups excluding carboxylic acids is 1. The minimum atomic E-state index is -1.63. The van der Waals surface area contributed by atoms with Gasteiger partial charge in [0.15, 0.2) is 17.5 Å². The topological polar surface area (TPSA) is 33.2 Å². The summed E-state index contributed by atoms with van der Waals surface area (Å²) in [6.07, 6.45) is 3.85. The standard InChI is InChI=1S/C16H15F3N2O/c1-2-21(10-7-11-5-8-20-9-6-11)16(22)12-3-4-13(17)15(19)14(12)18/h3-6,8-9H,2,7,10H2,1H3. The number of likely N-dealkylation sites (N-methyl/N-ethyl adjacent to an activating group) is 1. The van der Waals surface area contributed by atoms with Gasteiger partial charge in [0.25, 0.3) is 5.91 Å². The number of hydrogen-bond donors (Lipinski definition) is 0. The minimum absolute atomic E-state index is 0.336. The first-order valence-electron chi connectivity index (χ1n) is 6.86. The van der Waals surface area contributed by atoms with Crippen molar-refractivity contribution in [2.24, 2.45) is 0 Å². The SMILES string of the molecule is CCN(CCc1ccncc1)C(=O)c1ccc(F)c(F)c1F. The van der Waals surface area contributed by atoms with E-state index >= 15 is 0 Å². The second-order valence-electron chi connectivity index (χ2n) is 4.71. The largest absolute Gasteiger partial charge is 0.339 e. The van der Waals surface area contributed by atoms with Crippen LogP contribution in [-0.2, 0) is 6.42 Å². The molecule has 0 bridgehead atoms. The van der Waals surface area contributed by atoms with E-state index in [9.17, 15) is 18.0 Å². The number of amides is 1. The maximum atomic E-state index is 13.7. The first kappa shape index (κ1) is 16.0. The molecule has 116 valence electrons. The van der Waals surface area contributed by atoms with E-state index in [2.05, 4.69) is 4.98 Å². The lowest BCUT2D eigenvalue weighted by Gasteiger charge is -2.21. The molecule has 0 saturated heterocycles. The number of benzene rings is 1. The maximum absolute atomic E-state index is 13.7. The molecule has 1 heterocycles. The van der Waals surface area contributed by atoms with Crippen LogP contribution in [0.5, 0.6) is 0 Å². The first-order chi connectivity index (χ1) is 10.5. The highest BCUT2D eigenvalue weighted by atomic mass is 19.2. The fraction of sp³-hybridized carbons (Fsp3) is 0.250. The summed E-state index contributed by atoms with van der Waals surface area (Å²) in [4.78, 5) is 17.5. The van der Waals surface area contributed by atoms with Gasteiger partial charge in [0.1, 0.15) is 0 Å². The van der Waals surface area contributed by atoms with Gasteiger partial charge in [-0.3, -0.25) is 9.78 Å². The lowest BCUT2D eigenvalue weighted by atomic mass is 10.1. The molecule has 2 aromatic rings. The van der Waals surface area contributed by atoms with E-state index in [-0.39, 0.29) is 0 Å². The van der Waals surface area contributed by atoms with Crippen molar-refractivity contribution in [3.05, 3.63) is 65.2 Å². The third-order valence-electron chi connectivity index (χ3n) is 3.35. The normalized spacial score (nSPS) is 10.5. The fourth-order valence-electron chi connectivity index (χ4n) is 2.08. The Labute approximate surface area is 126 Å². The Morgan fingerprint density at radius 3 is 2.41 bits per heavy atom. The van der Waals surface area contributed by atoms with Crippen LogP contribution in [0.4, 0.5) is 13.2 Å². The number of carbonyl (C=O) groups is 1. The summed E-state index contributed by atoms with van der Waals surface area (Å²) < 4.78 is 39.9. The molecule has 1 aromatic heterocycles. The Hall–Kier alpha value is -2.37. The molecule has 3 nitrogen and oxygen atoms in total. The summed E-state index contributed by atoms with van der Waals surface area (Å²) in [7, 11) is 0. The fourth-order valence-corrected chi connectivity index (χ4v) is 2.08. The zero-order chi connectivity index (χ0) is 16.1. The maximum Gasteiger partial charge on any atom is 0.256 e. The van der Waals surface area contributed by atoms with Gasteiger partial charge in [0.05, 0.1) is 5.56 Å². The highest BCUT2D eigenvalue weighted by Crippen LogP contribution is 2.17. The molecule has 0 aliphatic rings. The Kier molecular flexibility index (Phi) is 5.14. The molecular formula is C16H15F3N2O. The Morgan fingerprint density at radius 2 is 1.77 bits per heavy atom. The minimum Gasteiger partial charge on any atom is -0.339 e. The Bertz CT molecular complexity index is 662. The van der Waals surface area contributed by atoms with Crippen LogP contribution in [0.25, 0.3) is 0 Å². The molecule has 0 saturated carbocycles. The van der Waals surface area contributed by atoms with Crippen molar-refractivity contribution in [3.8, 4) is 0 Å². The summed E-state index contributed by atoms with van der Waals surface area (Å²) in [6.45, 7) is 2.42. The van der Waals surface area contributed by atoms with Gasteiger partial charge in [-0.15, -0.1) is 0 Å². The lowest BCUT2D eigenvalue weighted by molar-refractivity contribution is 0.0760. The van der Waals surface area contributed by atoms with E-state index < -0.39 is 28.9 Å². The molecule has 0 atom stereocenters. The number of halogens is 3. The van der Waals surface area contributed by atoms with E-state index in [1.165, 1.54) is 4.90 Å². The van der Waals surface area contributed by atoms with Crippen LogP contribution in [-0.4, -0.2) is 28.9 Å². The molecule has 0 spiro atoms. The van der Waals surface area contributed by atoms with Crippen molar-refractivity contribution in [1.29, 1.82) is 0 Å². The van der Waals surface area contributed by atoms with Gasteiger partial charge >= 0.3 is 0 Å². The van der Waals surface area contributed by atoms with Gasteiger partial charge in [0, 0.05) is 25.5 Å². The van der Waals surface area contributed by atoms with E-state index in [1.54, 1.807) is 19.3 Å². The van der Waals surface area contributed by atoms with Crippen LogP contribution in [0.1, 0.15) is 22.8 Å². The third kappa shape index (κ3) is 3.44. The molecule has 2 rings (SSSR count). The number of hydrogen-bond acceptors (Lipinski definition) is 2. The van der Waals surface area contributed by atoms with E-state index in [0.29, 0.717) is 19.5 Å². The summed E-state index contributed by atoms with van der Waals surface area (Å²) in [6, 6.07) is 5.35. The van der Waals surface area contributed by atoms with Crippen LogP contribution in [0.2, 0.25) is 0 Å². The van der Waals surface area contributed by atoms with Gasteiger partial charge in [-0.25, -0.2) is 13.2 Å². The van der Waals surface area contributed by atoms with Crippen molar-refractivity contribution in [2.45, 2.75) is 13.3 Å². The Balaban J connectivity index is 2.14. The second kappa shape index (κ2) is 7.06. The lowest BCUT2D eigenvalue weighted by Crippen LogP contribution is -2.33. The van der Waals surface area contributed by atoms with Crippen LogP contribution >= 0.6 is 0 Å². The average molecular weight is 308 g/mol. The van der Waals surface area contributed by atoms with Crippen LogP contribution in [0.3, 0.4) is 0 Å². The molecule has 1 amide bonds. The van der Waals surface area contributed by atoms with E-state index in [4.69, 9.17) is 0 Å². The monoisotopic (exact) mass is 308 g/mol. The van der Waals surface area contributed by atoms with Gasteiger partial charge < -0.3 is 4.90 Å². The Morgan fingerprint density at radius 1 is 1.09 bits per heavy atom. The van der Waals surface area contributed by atoms with E-state index in [0.717, 1.165) is 17.7 Å². The molecular weight excluding hydrogens is 293 g/mol. The average Bonchev–Trinajstić information content (AvgIpc) is 2.54. The molecule has 0 N–H and O–H groups in total. The highest BCUT2D eigenvalue weighted by Gasteiger charge is 2.22. The molecule has 0 unspecified atom stereocenters. The first-order valence-corrected chi connectivity index (χ1v) is 6.86. The number of aromatic nitrogens is 1. The van der Waals surface area contributed by atoms with Gasteiger partial charge in [-0.1, -0.05) is 0 Å². The summed E-state index contributed by atoms with van der Waals surface area (Å²) in [5.41, 5.74) is 0.516. The zero-order valence-electron chi connectivity index (χ0n) is 12.0. The van der Waals surface area contributed by atoms with Crippen molar-refractivity contribution < 1.29 is 18.0 Å². The number of rotatable bonds is 5. The summed E-state index contributed by atoms with van der Waals surface area (Å²) in [5, 5.41) is 0. The van der Waals surface area contributed by atoms with Crippen LogP contribution in [0.15, 0.2) is 36.7 Å². The van der Waals surface area contributed by atoms with Crippen molar-refractivity contribution in [1.82, 2.24) is 9.88 Å². The number of pyridine rings is 1. The van der Waals surface area contributed by atoms with Gasteiger partial charge in [-0.2, -0.15) is 0 Å². The summed E-state index contributed by atoms with van der Waals surface area (Å²) >= 11 is 0. The van der Waals surface area contributed by atoms with Crippen LogP contribution in [0, 0.1) is 17.5 Å². The molecule has 6 heteroatoms. The second-order valence-corrected chi connectivity index (χ2v) is 4.71. The summed E-state index contributed by atoms with van der Waals surface area (Å²) in [5.74, 6) is -5.05. The van der Waals surface area contributed by atoms with Crippen molar-refractivity contribution >= 4 is 5.91 Å². The molecule has 0 radical (unpaired) electrons. The van der Waals surface area contributed by atoms with Gasteiger partial charge in [-0.05, 0) is 43.2 Å². The van der Waals surface area contributed by atoms with Gasteiger partial charge in [0.2, 0.25) is 0 Å². The predicted octanol–water partition coefficient (Wildman–Crippen LogP) is 3.20. The molecule has 0 fully saturated rings. The van der Waals surface area contributed by atoms with E-state index in [1.807, 2.05) is 12.1 Å². The van der Waals surface area contributed by atoms with Crippen LogP contribution < -0.4 is 0 Å². The molecule has 1 aromatic carbocycles. The highest BCUT2D eigenvalue weighted by molar-refractivity contribution is 5.94. The quantitative estimate of drug-likeness (QED) is 0.795. The zero-order valence-corrected chi connectivity index (χ0v) is 12.0.